The van der Waals surface area contributed by atoms with Gasteiger partial charge in [0, 0.05) is 18.3 Å². The monoisotopic (exact) mass is 220 g/mol. The van der Waals surface area contributed by atoms with Crippen LogP contribution in [-0.4, -0.2) is 11.6 Å². The molecule has 0 aromatic carbocycles. The topological polar surface area (TPSA) is 48.1 Å². The Bertz CT molecular complexity index is 348. The molecule has 0 atom stereocenters. The summed E-state index contributed by atoms with van der Waals surface area (Å²) in [5.74, 6) is 1.61. The fourth-order valence-electron chi connectivity index (χ4n) is 2.01. The molecular weight excluding hydrogens is 200 g/mol. The molecule has 3 nitrogen and oxygen atoms in total. The maximum absolute atomic E-state index is 5.67. The Morgan fingerprint density at radius 3 is 2.88 bits per heavy atom. The van der Waals surface area contributed by atoms with Crippen molar-refractivity contribution < 1.29 is 4.74 Å². The SMILES string of the molecule is Cc1cc(CN)cc(OCCC2CCC2)n1. The van der Waals surface area contributed by atoms with E-state index in [4.69, 9.17) is 10.5 Å². The van der Waals surface area contributed by atoms with Crippen LogP contribution in [0.4, 0.5) is 0 Å². The Labute approximate surface area is 97.0 Å². The Kier molecular flexibility index (Phi) is 3.78. The lowest BCUT2D eigenvalue weighted by molar-refractivity contribution is 0.217. The highest BCUT2D eigenvalue weighted by Gasteiger charge is 2.16. The maximum Gasteiger partial charge on any atom is 0.213 e. The zero-order valence-electron chi connectivity index (χ0n) is 9.91. The van der Waals surface area contributed by atoms with Crippen LogP contribution >= 0.6 is 0 Å². The van der Waals surface area contributed by atoms with Gasteiger partial charge in [-0.25, -0.2) is 4.98 Å². The van der Waals surface area contributed by atoms with Crippen molar-refractivity contribution in [1.82, 2.24) is 4.98 Å². The van der Waals surface area contributed by atoms with Gasteiger partial charge in [-0.3, -0.25) is 0 Å². The number of hydrogen-bond acceptors (Lipinski definition) is 3. The minimum Gasteiger partial charge on any atom is -0.478 e. The lowest BCUT2D eigenvalue weighted by atomic mass is 9.83. The second-order valence-electron chi connectivity index (χ2n) is 4.59. The number of pyridine rings is 1. The van der Waals surface area contributed by atoms with Gasteiger partial charge in [-0.2, -0.15) is 0 Å². The molecule has 1 aliphatic carbocycles. The molecule has 0 spiro atoms. The summed E-state index contributed by atoms with van der Waals surface area (Å²) in [5, 5.41) is 0. The predicted octanol–water partition coefficient (Wildman–Crippen LogP) is 2.42. The molecule has 0 amide bonds. The first kappa shape index (κ1) is 11.4. The van der Waals surface area contributed by atoms with Crippen molar-refractivity contribution in [1.29, 1.82) is 0 Å². The molecule has 2 N–H and O–H groups in total. The van der Waals surface area contributed by atoms with E-state index in [1.165, 1.54) is 19.3 Å². The normalized spacial score (nSPS) is 15.9. The van der Waals surface area contributed by atoms with Gasteiger partial charge in [-0.15, -0.1) is 0 Å². The second-order valence-corrected chi connectivity index (χ2v) is 4.59. The zero-order chi connectivity index (χ0) is 11.4. The number of rotatable bonds is 5. The molecular formula is C13H20N2O. The highest BCUT2D eigenvalue weighted by atomic mass is 16.5. The number of ether oxygens (including phenoxy) is 1. The quantitative estimate of drug-likeness (QED) is 0.829. The number of aromatic nitrogens is 1. The molecule has 1 aliphatic rings. The minimum absolute atomic E-state index is 0.544. The molecule has 0 unspecified atom stereocenters. The average molecular weight is 220 g/mol. The molecule has 1 fully saturated rings. The van der Waals surface area contributed by atoms with Crippen LogP contribution in [-0.2, 0) is 6.54 Å². The Morgan fingerprint density at radius 1 is 1.44 bits per heavy atom. The fourth-order valence-corrected chi connectivity index (χ4v) is 2.01. The van der Waals surface area contributed by atoms with Crippen LogP contribution in [0, 0.1) is 12.8 Å². The minimum atomic E-state index is 0.544. The van der Waals surface area contributed by atoms with E-state index in [0.29, 0.717) is 6.54 Å². The van der Waals surface area contributed by atoms with Crippen molar-refractivity contribution in [3.05, 3.63) is 23.4 Å². The summed E-state index contributed by atoms with van der Waals surface area (Å²) in [7, 11) is 0. The highest BCUT2D eigenvalue weighted by molar-refractivity contribution is 5.24. The number of nitrogens with zero attached hydrogens (tertiary/aromatic N) is 1. The summed E-state index contributed by atoms with van der Waals surface area (Å²) in [4.78, 5) is 4.34. The number of aryl methyl sites for hydroxylation is 1. The first-order valence-electron chi connectivity index (χ1n) is 6.08. The summed E-state index contributed by atoms with van der Waals surface area (Å²) in [6.45, 7) is 3.30. The number of nitrogens with two attached hydrogens (primary N) is 1. The van der Waals surface area contributed by atoms with E-state index < -0.39 is 0 Å². The van der Waals surface area contributed by atoms with Crippen molar-refractivity contribution in [2.24, 2.45) is 11.7 Å². The summed E-state index contributed by atoms with van der Waals surface area (Å²) >= 11 is 0. The molecule has 0 bridgehead atoms. The molecule has 3 heteroatoms. The van der Waals surface area contributed by atoms with E-state index >= 15 is 0 Å². The smallest absolute Gasteiger partial charge is 0.213 e. The third kappa shape index (κ3) is 2.95. The van der Waals surface area contributed by atoms with Gasteiger partial charge in [-0.05, 0) is 30.9 Å². The first-order valence-corrected chi connectivity index (χ1v) is 6.08. The van der Waals surface area contributed by atoms with Gasteiger partial charge in [0.15, 0.2) is 0 Å². The maximum atomic E-state index is 5.67. The standard InChI is InChI=1S/C13H20N2O/c1-10-7-12(9-14)8-13(15-10)16-6-5-11-3-2-4-11/h7-8,11H,2-6,9,14H2,1H3. The van der Waals surface area contributed by atoms with Crippen LogP contribution in [0.15, 0.2) is 12.1 Å². The molecule has 1 aromatic rings. The van der Waals surface area contributed by atoms with Crippen molar-refractivity contribution in [3.8, 4) is 5.88 Å². The van der Waals surface area contributed by atoms with Crippen molar-refractivity contribution >= 4 is 0 Å². The Morgan fingerprint density at radius 2 is 2.25 bits per heavy atom. The predicted molar refractivity (Wildman–Crippen MR) is 64.3 cm³/mol. The highest BCUT2D eigenvalue weighted by Crippen LogP contribution is 2.29. The molecule has 1 aromatic heterocycles. The van der Waals surface area contributed by atoms with Gasteiger partial charge in [0.05, 0.1) is 6.61 Å². The summed E-state index contributed by atoms with van der Waals surface area (Å²) in [5.41, 5.74) is 7.67. The lowest BCUT2D eigenvalue weighted by Gasteiger charge is -2.24. The molecule has 0 radical (unpaired) electrons. The van der Waals surface area contributed by atoms with Gasteiger partial charge in [0.2, 0.25) is 5.88 Å². The summed E-state index contributed by atoms with van der Waals surface area (Å²) in [6, 6.07) is 3.94. The van der Waals surface area contributed by atoms with E-state index in [0.717, 1.165) is 36.1 Å². The van der Waals surface area contributed by atoms with Crippen molar-refractivity contribution in [3.63, 3.8) is 0 Å². The summed E-state index contributed by atoms with van der Waals surface area (Å²) in [6.07, 6.45) is 5.30. The van der Waals surface area contributed by atoms with E-state index in [2.05, 4.69) is 4.98 Å². The lowest BCUT2D eigenvalue weighted by Crippen LogP contribution is -2.15. The van der Waals surface area contributed by atoms with E-state index in [1.807, 2.05) is 19.1 Å². The van der Waals surface area contributed by atoms with Crippen LogP contribution in [0.25, 0.3) is 0 Å². The molecule has 0 saturated heterocycles. The van der Waals surface area contributed by atoms with E-state index in [-0.39, 0.29) is 0 Å². The molecule has 0 aliphatic heterocycles. The molecule has 2 rings (SSSR count). The molecule has 1 saturated carbocycles. The van der Waals surface area contributed by atoms with Crippen LogP contribution in [0.1, 0.15) is 36.9 Å². The van der Waals surface area contributed by atoms with Gasteiger partial charge in [0.1, 0.15) is 0 Å². The fraction of sp³-hybridized carbons (Fsp3) is 0.615. The van der Waals surface area contributed by atoms with Crippen molar-refractivity contribution in [2.75, 3.05) is 6.61 Å². The van der Waals surface area contributed by atoms with Crippen LogP contribution in [0.5, 0.6) is 5.88 Å². The van der Waals surface area contributed by atoms with E-state index in [9.17, 15) is 0 Å². The number of hydrogen-bond donors (Lipinski definition) is 1. The van der Waals surface area contributed by atoms with Crippen LogP contribution < -0.4 is 10.5 Å². The summed E-state index contributed by atoms with van der Waals surface area (Å²) < 4.78 is 5.67. The first-order chi connectivity index (χ1) is 7.78. The van der Waals surface area contributed by atoms with Gasteiger partial charge in [0.25, 0.3) is 0 Å². The van der Waals surface area contributed by atoms with E-state index in [1.54, 1.807) is 0 Å². The van der Waals surface area contributed by atoms with Gasteiger partial charge >= 0.3 is 0 Å². The third-order valence-electron chi connectivity index (χ3n) is 3.23. The second kappa shape index (κ2) is 5.30. The zero-order valence-corrected chi connectivity index (χ0v) is 9.91. The largest absolute Gasteiger partial charge is 0.478 e. The van der Waals surface area contributed by atoms with Gasteiger partial charge < -0.3 is 10.5 Å². The van der Waals surface area contributed by atoms with Crippen molar-refractivity contribution in [2.45, 2.75) is 39.2 Å². The Balaban J connectivity index is 1.84. The van der Waals surface area contributed by atoms with Gasteiger partial charge in [-0.1, -0.05) is 19.3 Å². The molecule has 16 heavy (non-hydrogen) atoms. The Hall–Kier alpha value is -1.09. The van der Waals surface area contributed by atoms with Crippen LogP contribution in [0.3, 0.4) is 0 Å². The van der Waals surface area contributed by atoms with Crippen LogP contribution in [0.2, 0.25) is 0 Å². The third-order valence-corrected chi connectivity index (χ3v) is 3.23. The molecule has 1 heterocycles. The average Bonchev–Trinajstić information content (AvgIpc) is 2.21. The molecule has 88 valence electrons.